The second-order valence-electron chi connectivity index (χ2n) is 5.74. The molecule has 0 aromatic carbocycles. The molecule has 0 aliphatic rings. The Bertz CT molecular complexity index is 238. The maximum absolute atomic E-state index is 11.3. The van der Waals surface area contributed by atoms with Gasteiger partial charge in [0.15, 0.2) is 0 Å². The van der Waals surface area contributed by atoms with Gasteiger partial charge in [-0.2, -0.15) is 0 Å². The minimum Gasteiger partial charge on any atom is -0.480 e. The molecule has 16 heavy (non-hydrogen) atoms. The van der Waals surface area contributed by atoms with Crippen molar-refractivity contribution in [2.75, 3.05) is 6.61 Å². The van der Waals surface area contributed by atoms with Crippen LogP contribution in [-0.4, -0.2) is 33.9 Å². The summed E-state index contributed by atoms with van der Waals surface area (Å²) in [7, 11) is 0. The maximum atomic E-state index is 11.3. The topological polar surface area (TPSA) is 69.6 Å². The van der Waals surface area contributed by atoms with E-state index in [4.69, 9.17) is 5.11 Å². The van der Waals surface area contributed by atoms with Crippen molar-refractivity contribution in [2.24, 2.45) is 5.92 Å². The Hall–Kier alpha value is -0.610. The van der Waals surface area contributed by atoms with E-state index in [1.54, 1.807) is 20.8 Å². The van der Waals surface area contributed by atoms with Crippen molar-refractivity contribution in [3.8, 4) is 0 Å². The van der Waals surface area contributed by atoms with Crippen LogP contribution in [0, 0.1) is 5.92 Å². The average Bonchev–Trinajstić information content (AvgIpc) is 2.14. The highest BCUT2D eigenvalue weighted by Gasteiger charge is 2.37. The predicted molar refractivity (Wildman–Crippen MR) is 64.4 cm³/mol. The van der Waals surface area contributed by atoms with Crippen LogP contribution in [0.3, 0.4) is 0 Å². The zero-order chi connectivity index (χ0) is 13.0. The number of nitrogens with one attached hydrogen (secondary N) is 1. The standard InChI is InChI=1S/C12H25NO3/c1-9(2)6-7-12(5,10(15)16)13-11(3,4)8-14/h9,13-14H,6-8H2,1-5H3,(H,15,16). The van der Waals surface area contributed by atoms with Crippen molar-refractivity contribution >= 4 is 5.97 Å². The van der Waals surface area contributed by atoms with Crippen LogP contribution < -0.4 is 5.32 Å². The summed E-state index contributed by atoms with van der Waals surface area (Å²) in [4.78, 5) is 11.3. The number of aliphatic carboxylic acids is 1. The van der Waals surface area contributed by atoms with Gasteiger partial charge >= 0.3 is 5.97 Å². The first kappa shape index (κ1) is 15.4. The third kappa shape index (κ3) is 4.94. The second kappa shape index (κ2) is 5.64. The van der Waals surface area contributed by atoms with E-state index in [-0.39, 0.29) is 6.61 Å². The van der Waals surface area contributed by atoms with Crippen LogP contribution in [0.5, 0.6) is 0 Å². The SMILES string of the molecule is CC(C)CCC(C)(NC(C)(C)CO)C(=O)O. The van der Waals surface area contributed by atoms with Crippen molar-refractivity contribution < 1.29 is 15.0 Å². The van der Waals surface area contributed by atoms with Crippen LogP contribution in [0.15, 0.2) is 0 Å². The Balaban J connectivity index is 4.64. The van der Waals surface area contributed by atoms with Crippen LogP contribution >= 0.6 is 0 Å². The summed E-state index contributed by atoms with van der Waals surface area (Å²) >= 11 is 0. The van der Waals surface area contributed by atoms with E-state index in [0.717, 1.165) is 6.42 Å². The highest BCUT2D eigenvalue weighted by Crippen LogP contribution is 2.20. The summed E-state index contributed by atoms with van der Waals surface area (Å²) in [5.41, 5.74) is -1.55. The summed E-state index contributed by atoms with van der Waals surface area (Å²) in [6.07, 6.45) is 1.40. The number of hydrogen-bond acceptors (Lipinski definition) is 3. The molecule has 0 aliphatic heterocycles. The molecule has 0 bridgehead atoms. The Morgan fingerprint density at radius 2 is 1.81 bits per heavy atom. The Labute approximate surface area is 98.1 Å². The Morgan fingerprint density at radius 3 is 2.12 bits per heavy atom. The van der Waals surface area contributed by atoms with Crippen molar-refractivity contribution in [3.63, 3.8) is 0 Å². The fourth-order valence-electron chi connectivity index (χ4n) is 1.59. The van der Waals surface area contributed by atoms with Crippen molar-refractivity contribution in [1.29, 1.82) is 0 Å². The minimum absolute atomic E-state index is 0.0858. The van der Waals surface area contributed by atoms with Gasteiger partial charge in [-0.25, -0.2) is 0 Å². The molecule has 0 spiro atoms. The predicted octanol–water partition coefficient (Wildman–Crippen LogP) is 1.63. The lowest BCUT2D eigenvalue weighted by molar-refractivity contribution is -0.145. The van der Waals surface area contributed by atoms with Crippen molar-refractivity contribution in [2.45, 2.75) is 58.5 Å². The molecule has 0 aromatic heterocycles. The number of carboxylic acids is 1. The first-order valence-corrected chi connectivity index (χ1v) is 5.76. The first-order chi connectivity index (χ1) is 7.13. The molecule has 4 heteroatoms. The summed E-state index contributed by atoms with van der Waals surface area (Å²) in [5.74, 6) is -0.396. The smallest absolute Gasteiger partial charge is 0.323 e. The van der Waals surface area contributed by atoms with Crippen LogP contribution in [0.2, 0.25) is 0 Å². The van der Waals surface area contributed by atoms with Gasteiger partial charge in [0.05, 0.1) is 6.61 Å². The third-order valence-electron chi connectivity index (χ3n) is 2.70. The number of rotatable bonds is 7. The normalized spacial score (nSPS) is 16.2. The van der Waals surface area contributed by atoms with Gasteiger partial charge in [-0.1, -0.05) is 13.8 Å². The van der Waals surface area contributed by atoms with E-state index < -0.39 is 17.0 Å². The van der Waals surface area contributed by atoms with Gasteiger partial charge in [0.25, 0.3) is 0 Å². The lowest BCUT2D eigenvalue weighted by Crippen LogP contribution is -2.59. The van der Waals surface area contributed by atoms with Crippen LogP contribution in [0.4, 0.5) is 0 Å². The summed E-state index contributed by atoms with van der Waals surface area (Å²) < 4.78 is 0. The average molecular weight is 231 g/mol. The van der Waals surface area contributed by atoms with Gasteiger partial charge < -0.3 is 10.2 Å². The molecule has 0 radical (unpaired) electrons. The number of hydrogen-bond donors (Lipinski definition) is 3. The monoisotopic (exact) mass is 231 g/mol. The third-order valence-corrected chi connectivity index (χ3v) is 2.70. The molecule has 0 aliphatic carbocycles. The molecule has 1 unspecified atom stereocenters. The largest absolute Gasteiger partial charge is 0.480 e. The molecule has 0 aromatic rings. The van der Waals surface area contributed by atoms with Gasteiger partial charge in [-0.3, -0.25) is 10.1 Å². The fourth-order valence-corrected chi connectivity index (χ4v) is 1.59. The minimum atomic E-state index is -0.976. The summed E-state index contributed by atoms with van der Waals surface area (Å²) in [5, 5.41) is 21.4. The highest BCUT2D eigenvalue weighted by atomic mass is 16.4. The molecule has 0 amide bonds. The lowest BCUT2D eigenvalue weighted by Gasteiger charge is -2.36. The maximum Gasteiger partial charge on any atom is 0.323 e. The summed E-state index contributed by atoms with van der Waals surface area (Å²) in [6, 6.07) is 0. The molecule has 0 rings (SSSR count). The Kier molecular flexibility index (Phi) is 5.42. The van der Waals surface area contributed by atoms with E-state index in [2.05, 4.69) is 19.2 Å². The van der Waals surface area contributed by atoms with Crippen molar-refractivity contribution in [1.82, 2.24) is 5.32 Å². The number of carboxylic acid groups (broad SMARTS) is 1. The van der Waals surface area contributed by atoms with E-state index in [9.17, 15) is 9.90 Å². The van der Waals surface area contributed by atoms with Crippen LogP contribution in [0.25, 0.3) is 0 Å². The number of carbonyl (C=O) groups is 1. The molecule has 0 saturated carbocycles. The molecule has 0 heterocycles. The van der Waals surface area contributed by atoms with Crippen LogP contribution in [0.1, 0.15) is 47.5 Å². The van der Waals surface area contributed by atoms with Gasteiger partial charge in [0.2, 0.25) is 0 Å². The fraction of sp³-hybridized carbons (Fsp3) is 0.917. The summed E-state index contributed by atoms with van der Waals surface area (Å²) in [6.45, 7) is 9.32. The van der Waals surface area contributed by atoms with Gasteiger partial charge in [-0.05, 0) is 39.5 Å². The molecule has 1 atom stereocenters. The van der Waals surface area contributed by atoms with E-state index in [0.29, 0.717) is 12.3 Å². The van der Waals surface area contributed by atoms with Gasteiger partial charge in [0.1, 0.15) is 5.54 Å². The molecule has 0 saturated heterocycles. The molecule has 0 fully saturated rings. The highest BCUT2D eigenvalue weighted by molar-refractivity contribution is 5.78. The molecular weight excluding hydrogens is 206 g/mol. The first-order valence-electron chi connectivity index (χ1n) is 5.76. The van der Waals surface area contributed by atoms with E-state index in [1.165, 1.54) is 0 Å². The second-order valence-corrected chi connectivity index (χ2v) is 5.74. The quantitative estimate of drug-likeness (QED) is 0.623. The van der Waals surface area contributed by atoms with Gasteiger partial charge in [0, 0.05) is 5.54 Å². The zero-order valence-electron chi connectivity index (χ0n) is 11.0. The zero-order valence-corrected chi connectivity index (χ0v) is 11.0. The Morgan fingerprint density at radius 1 is 1.31 bits per heavy atom. The van der Waals surface area contributed by atoms with E-state index in [1.807, 2.05) is 0 Å². The molecule has 4 nitrogen and oxygen atoms in total. The number of aliphatic hydroxyl groups excluding tert-OH is 1. The van der Waals surface area contributed by atoms with Gasteiger partial charge in [-0.15, -0.1) is 0 Å². The molecule has 3 N–H and O–H groups in total. The molecule has 96 valence electrons. The van der Waals surface area contributed by atoms with Crippen LogP contribution in [-0.2, 0) is 4.79 Å². The van der Waals surface area contributed by atoms with E-state index >= 15 is 0 Å². The van der Waals surface area contributed by atoms with Crippen molar-refractivity contribution in [3.05, 3.63) is 0 Å². The number of aliphatic hydroxyl groups is 1. The molecular formula is C12H25NO3. The lowest BCUT2D eigenvalue weighted by atomic mass is 9.89.